The molecule has 0 fully saturated rings. The van der Waals surface area contributed by atoms with Gasteiger partial charge in [-0.1, -0.05) is 42.2 Å². The maximum absolute atomic E-state index is 13.1. The molecule has 0 saturated heterocycles. The fraction of sp³-hybridized carbons (Fsp3) is 0.333. The van der Waals surface area contributed by atoms with Crippen LogP contribution in [0.1, 0.15) is 49.8 Å². The summed E-state index contributed by atoms with van der Waals surface area (Å²) in [4.78, 5) is 52.2. The van der Waals surface area contributed by atoms with E-state index in [1.807, 2.05) is 48.5 Å². The Bertz CT molecular complexity index is 1330. The van der Waals surface area contributed by atoms with E-state index in [2.05, 4.69) is 17.2 Å². The van der Waals surface area contributed by atoms with E-state index in [0.29, 0.717) is 50.3 Å². The summed E-state index contributed by atoms with van der Waals surface area (Å²) in [6.07, 6.45) is 0.970. The van der Waals surface area contributed by atoms with Gasteiger partial charge in [-0.25, -0.2) is 4.79 Å². The lowest BCUT2D eigenvalue weighted by Gasteiger charge is -2.26. The molecule has 4 amide bonds. The first kappa shape index (κ1) is 26.8. The number of Topliss-reactive ketones (excluding diaryl/α,β-unsaturated/α-hetero) is 1. The first-order valence-corrected chi connectivity index (χ1v) is 12.7. The number of hydrogen-bond donors (Lipinski definition) is 1. The SMILES string of the molecule is CC1=C(C)C(=O)N(CCC(=O)CCCOCCNC(=O)N2Cc3ccccc3C#Cc3ccccc32)C1=O. The van der Waals surface area contributed by atoms with Crippen molar-refractivity contribution in [3.8, 4) is 11.8 Å². The number of anilines is 1. The Hall–Kier alpha value is -4.22. The zero-order valence-corrected chi connectivity index (χ0v) is 21.7. The molecular formula is C30H31N3O5. The highest BCUT2D eigenvalue weighted by Gasteiger charge is 2.33. The molecule has 2 aromatic carbocycles. The Balaban J connectivity index is 1.17. The van der Waals surface area contributed by atoms with Crippen molar-refractivity contribution in [3.05, 3.63) is 76.4 Å². The zero-order chi connectivity index (χ0) is 27.1. The number of nitrogens with zero attached hydrogens (tertiary/aromatic N) is 2. The minimum atomic E-state index is -0.318. The maximum atomic E-state index is 13.1. The van der Waals surface area contributed by atoms with Crippen LogP contribution in [0.5, 0.6) is 0 Å². The molecule has 1 N–H and O–H groups in total. The van der Waals surface area contributed by atoms with E-state index in [0.717, 1.165) is 27.3 Å². The molecule has 8 heteroatoms. The number of rotatable bonds is 10. The standard InChI is InChI=1S/C30H31N3O5/c1-21-22(2)29(36)32(28(21)35)17-15-26(34)11-7-18-38-19-16-31-30(37)33-20-25-10-4-3-8-23(25)13-14-24-9-5-6-12-27(24)33/h3-6,8-10,12H,7,11,15-20H2,1-2H3,(H,31,37). The summed E-state index contributed by atoms with van der Waals surface area (Å²) >= 11 is 0. The number of fused-ring (bicyclic) bond motifs is 2. The van der Waals surface area contributed by atoms with Crippen molar-refractivity contribution < 1.29 is 23.9 Å². The molecule has 0 spiro atoms. The molecule has 0 atom stereocenters. The molecule has 8 nitrogen and oxygen atoms in total. The molecule has 2 aromatic rings. The molecule has 4 rings (SSSR count). The largest absolute Gasteiger partial charge is 0.380 e. The average Bonchev–Trinajstić information content (AvgIpc) is 3.10. The van der Waals surface area contributed by atoms with Crippen LogP contribution in [0, 0.1) is 11.8 Å². The van der Waals surface area contributed by atoms with Crippen molar-refractivity contribution in [1.29, 1.82) is 0 Å². The topological polar surface area (TPSA) is 96.0 Å². The van der Waals surface area contributed by atoms with E-state index < -0.39 is 0 Å². The molecule has 0 bridgehead atoms. The Morgan fingerprint density at radius 3 is 2.32 bits per heavy atom. The van der Waals surface area contributed by atoms with Gasteiger partial charge in [0.05, 0.1) is 18.8 Å². The average molecular weight is 514 g/mol. The maximum Gasteiger partial charge on any atom is 0.322 e. The number of para-hydroxylation sites is 1. The Morgan fingerprint density at radius 2 is 1.55 bits per heavy atom. The third kappa shape index (κ3) is 6.18. The highest BCUT2D eigenvalue weighted by Crippen LogP contribution is 2.25. The second kappa shape index (κ2) is 12.3. The molecule has 2 aliphatic heterocycles. The smallest absolute Gasteiger partial charge is 0.322 e. The number of amides is 4. The molecular weight excluding hydrogens is 482 g/mol. The zero-order valence-electron chi connectivity index (χ0n) is 21.7. The van der Waals surface area contributed by atoms with Crippen LogP contribution in [0.15, 0.2) is 59.7 Å². The fourth-order valence-corrected chi connectivity index (χ4v) is 4.35. The van der Waals surface area contributed by atoms with Crippen LogP contribution in [0.25, 0.3) is 0 Å². The summed E-state index contributed by atoms with van der Waals surface area (Å²) in [5.41, 5.74) is 4.31. The van der Waals surface area contributed by atoms with E-state index in [-0.39, 0.29) is 36.6 Å². The van der Waals surface area contributed by atoms with E-state index >= 15 is 0 Å². The van der Waals surface area contributed by atoms with E-state index in [1.165, 1.54) is 0 Å². The van der Waals surface area contributed by atoms with Gasteiger partial charge in [0.25, 0.3) is 11.8 Å². The first-order chi connectivity index (χ1) is 18.4. The number of carbonyl (C=O) groups excluding carboxylic acids is 4. The predicted molar refractivity (Wildman–Crippen MR) is 143 cm³/mol. The van der Waals surface area contributed by atoms with Crippen LogP contribution in [-0.2, 0) is 25.7 Å². The van der Waals surface area contributed by atoms with Crippen molar-refractivity contribution in [2.24, 2.45) is 0 Å². The second-order valence-electron chi connectivity index (χ2n) is 9.26. The number of ketones is 1. The Kier molecular flexibility index (Phi) is 8.72. The monoisotopic (exact) mass is 513 g/mol. The minimum Gasteiger partial charge on any atom is -0.380 e. The summed E-state index contributed by atoms with van der Waals surface area (Å²) in [5.74, 6) is 5.72. The van der Waals surface area contributed by atoms with Gasteiger partial charge < -0.3 is 10.1 Å². The quantitative estimate of drug-likeness (QED) is 0.298. The Morgan fingerprint density at radius 1 is 0.895 bits per heavy atom. The van der Waals surface area contributed by atoms with E-state index in [4.69, 9.17) is 4.74 Å². The number of imide groups is 1. The van der Waals surface area contributed by atoms with Crippen molar-refractivity contribution >= 4 is 29.3 Å². The van der Waals surface area contributed by atoms with Gasteiger partial charge in [-0.2, -0.15) is 0 Å². The molecule has 2 heterocycles. The molecule has 0 radical (unpaired) electrons. The van der Waals surface area contributed by atoms with Crippen LogP contribution in [0.4, 0.5) is 10.5 Å². The third-order valence-corrected chi connectivity index (χ3v) is 6.69. The summed E-state index contributed by atoms with van der Waals surface area (Å²) in [6.45, 7) is 4.76. The molecule has 2 aliphatic rings. The van der Waals surface area contributed by atoms with Crippen LogP contribution in [0.3, 0.4) is 0 Å². The highest BCUT2D eigenvalue weighted by atomic mass is 16.5. The number of benzene rings is 2. The van der Waals surface area contributed by atoms with Crippen LogP contribution >= 0.6 is 0 Å². The van der Waals surface area contributed by atoms with Gasteiger partial charge in [-0.15, -0.1) is 0 Å². The van der Waals surface area contributed by atoms with Crippen molar-refractivity contribution in [2.45, 2.75) is 39.7 Å². The van der Waals surface area contributed by atoms with Gasteiger partial charge in [0.15, 0.2) is 0 Å². The van der Waals surface area contributed by atoms with Gasteiger partial charge in [-0.3, -0.25) is 24.2 Å². The summed E-state index contributed by atoms with van der Waals surface area (Å²) < 4.78 is 5.60. The molecule has 0 aliphatic carbocycles. The molecule has 0 saturated carbocycles. The Labute approximate surface area is 222 Å². The highest BCUT2D eigenvalue weighted by molar-refractivity contribution is 6.18. The van der Waals surface area contributed by atoms with Crippen LogP contribution < -0.4 is 10.2 Å². The first-order valence-electron chi connectivity index (χ1n) is 12.7. The summed E-state index contributed by atoms with van der Waals surface area (Å²) in [6, 6.07) is 15.1. The van der Waals surface area contributed by atoms with E-state index in [1.54, 1.807) is 18.7 Å². The third-order valence-electron chi connectivity index (χ3n) is 6.69. The number of urea groups is 1. The minimum absolute atomic E-state index is 0.0242. The van der Waals surface area contributed by atoms with Gasteiger partial charge in [0.2, 0.25) is 0 Å². The lowest BCUT2D eigenvalue weighted by molar-refractivity contribution is -0.137. The normalized spacial score (nSPS) is 14.4. The molecule has 38 heavy (non-hydrogen) atoms. The molecule has 0 aromatic heterocycles. The fourth-order valence-electron chi connectivity index (χ4n) is 4.35. The lowest BCUT2D eigenvalue weighted by Crippen LogP contribution is -2.41. The summed E-state index contributed by atoms with van der Waals surface area (Å²) in [7, 11) is 0. The van der Waals surface area contributed by atoms with Crippen molar-refractivity contribution in [2.75, 3.05) is 31.2 Å². The van der Waals surface area contributed by atoms with Crippen molar-refractivity contribution in [3.63, 3.8) is 0 Å². The van der Waals surface area contributed by atoms with E-state index in [9.17, 15) is 19.2 Å². The molecule has 0 unspecified atom stereocenters. The number of carbonyl (C=O) groups is 4. The van der Waals surface area contributed by atoms with Crippen LogP contribution in [0.2, 0.25) is 0 Å². The number of hydrogen-bond acceptors (Lipinski definition) is 5. The number of ether oxygens (including phenoxy) is 1. The van der Waals surface area contributed by atoms with Gasteiger partial charge >= 0.3 is 6.03 Å². The van der Waals surface area contributed by atoms with Gasteiger partial charge in [-0.05, 0) is 44.0 Å². The van der Waals surface area contributed by atoms with Gasteiger partial charge in [0, 0.05) is 54.8 Å². The number of nitrogens with one attached hydrogen (secondary N) is 1. The van der Waals surface area contributed by atoms with Gasteiger partial charge in [0.1, 0.15) is 5.78 Å². The lowest BCUT2D eigenvalue weighted by atomic mass is 10.0. The second-order valence-corrected chi connectivity index (χ2v) is 9.26. The van der Waals surface area contributed by atoms with Crippen LogP contribution in [-0.4, -0.2) is 54.8 Å². The molecule has 196 valence electrons. The predicted octanol–water partition coefficient (Wildman–Crippen LogP) is 3.58. The summed E-state index contributed by atoms with van der Waals surface area (Å²) in [5, 5.41) is 2.91. The van der Waals surface area contributed by atoms with Crippen molar-refractivity contribution in [1.82, 2.24) is 10.2 Å².